The van der Waals surface area contributed by atoms with E-state index in [9.17, 15) is 4.79 Å². The molecule has 1 unspecified atom stereocenters. The molecule has 0 spiro atoms. The van der Waals surface area contributed by atoms with Gasteiger partial charge in [0.1, 0.15) is 5.75 Å². The molecule has 1 atom stereocenters. The maximum Gasteiger partial charge on any atom is 0.193 e. The highest BCUT2D eigenvalue weighted by atomic mass is 32.1. The van der Waals surface area contributed by atoms with Gasteiger partial charge >= 0.3 is 0 Å². The van der Waals surface area contributed by atoms with Gasteiger partial charge in [0, 0.05) is 28.9 Å². The summed E-state index contributed by atoms with van der Waals surface area (Å²) in [6.45, 7) is 7.61. The predicted molar refractivity (Wildman–Crippen MR) is 135 cm³/mol. The maximum atomic E-state index is 13.6. The number of unbranched alkanes of at least 4 members (excludes halogenated alkanes) is 4. The lowest BCUT2D eigenvalue weighted by Crippen LogP contribution is -2.47. The van der Waals surface area contributed by atoms with Gasteiger partial charge in [-0.15, -0.1) is 0 Å². The number of carbonyl (C=O) groups excluding carboxylic acids is 1. The van der Waals surface area contributed by atoms with Crippen LogP contribution in [0.2, 0.25) is 0 Å². The fourth-order valence-corrected chi connectivity index (χ4v) is 4.56. The first-order valence-corrected chi connectivity index (χ1v) is 12.1. The Labute approximate surface area is 197 Å². The number of hydrogen-bond acceptors (Lipinski definition) is 3. The van der Waals surface area contributed by atoms with E-state index in [0.29, 0.717) is 29.4 Å². The smallest absolute Gasteiger partial charge is 0.193 e. The van der Waals surface area contributed by atoms with Gasteiger partial charge in [-0.1, -0.05) is 81.1 Å². The standard InChI is InChI=1S/C27H34N2O2S/c1-4-6-7-8-14-19-31-23-18-13-12-17-22(23)25-24(20(3)29(5-2)27(32)28-25)26(30)21-15-10-9-11-16-21/h9-13,15-18,25H,4-8,14,19H2,1-3H3,(H,28,32). The third kappa shape index (κ3) is 5.57. The van der Waals surface area contributed by atoms with E-state index in [1.54, 1.807) is 0 Å². The minimum Gasteiger partial charge on any atom is -0.493 e. The average molecular weight is 451 g/mol. The Morgan fingerprint density at radius 3 is 2.41 bits per heavy atom. The zero-order valence-electron chi connectivity index (χ0n) is 19.4. The SMILES string of the molecule is CCCCCCCOc1ccccc1C1NC(=S)N(CC)C(C)=C1C(=O)c1ccccc1. The summed E-state index contributed by atoms with van der Waals surface area (Å²) in [5, 5.41) is 4.06. The summed E-state index contributed by atoms with van der Waals surface area (Å²) >= 11 is 5.66. The van der Waals surface area contributed by atoms with E-state index in [0.717, 1.165) is 23.4 Å². The zero-order valence-corrected chi connectivity index (χ0v) is 20.2. The first kappa shape index (κ1) is 24.0. The van der Waals surface area contributed by atoms with Gasteiger partial charge in [0.15, 0.2) is 10.9 Å². The lowest BCUT2D eigenvalue weighted by atomic mass is 9.88. The second-order valence-electron chi connectivity index (χ2n) is 8.12. The largest absolute Gasteiger partial charge is 0.493 e. The lowest BCUT2D eigenvalue weighted by Gasteiger charge is -2.38. The number of benzene rings is 2. The monoisotopic (exact) mass is 450 g/mol. The van der Waals surface area contributed by atoms with Gasteiger partial charge < -0.3 is 15.0 Å². The van der Waals surface area contributed by atoms with Crippen molar-refractivity contribution in [2.45, 2.75) is 58.9 Å². The number of nitrogens with zero attached hydrogens (tertiary/aromatic N) is 1. The Morgan fingerprint density at radius 1 is 1.00 bits per heavy atom. The number of allylic oxidation sites excluding steroid dienone is 1. The summed E-state index contributed by atoms with van der Waals surface area (Å²) in [5.74, 6) is 0.815. The van der Waals surface area contributed by atoms with E-state index in [-0.39, 0.29) is 11.8 Å². The van der Waals surface area contributed by atoms with Crippen LogP contribution in [0.1, 0.15) is 74.8 Å². The molecule has 170 valence electrons. The summed E-state index contributed by atoms with van der Waals surface area (Å²) < 4.78 is 6.20. The fraction of sp³-hybridized carbons (Fsp3) is 0.407. The summed E-state index contributed by atoms with van der Waals surface area (Å²) in [7, 11) is 0. The average Bonchev–Trinajstić information content (AvgIpc) is 2.81. The van der Waals surface area contributed by atoms with Gasteiger partial charge in [0.25, 0.3) is 0 Å². The van der Waals surface area contributed by atoms with Crippen LogP contribution in [0.3, 0.4) is 0 Å². The van der Waals surface area contributed by atoms with E-state index in [1.807, 2.05) is 73.3 Å². The second-order valence-corrected chi connectivity index (χ2v) is 8.51. The summed E-state index contributed by atoms with van der Waals surface area (Å²) in [5.41, 5.74) is 3.22. The van der Waals surface area contributed by atoms with E-state index in [1.165, 1.54) is 25.7 Å². The van der Waals surface area contributed by atoms with Crippen molar-refractivity contribution in [3.05, 3.63) is 77.0 Å². The number of rotatable bonds is 11. The number of para-hydroxylation sites is 1. The molecule has 1 aliphatic heterocycles. The van der Waals surface area contributed by atoms with E-state index in [2.05, 4.69) is 12.2 Å². The molecular formula is C27H34N2O2S. The molecule has 1 aliphatic rings. The van der Waals surface area contributed by atoms with Gasteiger partial charge in [-0.25, -0.2) is 0 Å². The predicted octanol–water partition coefficient (Wildman–Crippen LogP) is 6.44. The molecule has 2 aromatic rings. The number of ketones is 1. The normalized spacial score (nSPS) is 16.2. The second kappa shape index (κ2) is 11.8. The molecule has 1 N–H and O–H groups in total. The first-order valence-electron chi connectivity index (χ1n) is 11.7. The van der Waals surface area contributed by atoms with Crippen LogP contribution >= 0.6 is 12.2 Å². The molecule has 32 heavy (non-hydrogen) atoms. The molecule has 0 aromatic heterocycles. The molecule has 5 heteroatoms. The highest BCUT2D eigenvalue weighted by Gasteiger charge is 2.35. The molecule has 0 aliphatic carbocycles. The van der Waals surface area contributed by atoms with Gasteiger partial charge in [0.2, 0.25) is 0 Å². The summed E-state index contributed by atoms with van der Waals surface area (Å²) in [6, 6.07) is 17.1. The van der Waals surface area contributed by atoms with Crippen molar-refractivity contribution in [3.8, 4) is 5.75 Å². The third-order valence-electron chi connectivity index (χ3n) is 5.93. The molecule has 1 heterocycles. The first-order chi connectivity index (χ1) is 15.6. The van der Waals surface area contributed by atoms with Gasteiger partial charge in [-0.2, -0.15) is 0 Å². The van der Waals surface area contributed by atoms with Crippen molar-refractivity contribution in [2.75, 3.05) is 13.2 Å². The van der Waals surface area contributed by atoms with Gasteiger partial charge in [-0.3, -0.25) is 4.79 Å². The highest BCUT2D eigenvalue weighted by molar-refractivity contribution is 7.80. The van der Waals surface area contributed by atoms with E-state index >= 15 is 0 Å². The van der Waals surface area contributed by atoms with Gasteiger partial charge in [-0.05, 0) is 38.6 Å². The van der Waals surface area contributed by atoms with Crippen molar-refractivity contribution in [2.24, 2.45) is 0 Å². The fourth-order valence-electron chi connectivity index (χ4n) is 4.17. The number of nitrogens with one attached hydrogen (secondary N) is 1. The molecule has 2 aromatic carbocycles. The zero-order chi connectivity index (χ0) is 22.9. The molecule has 0 fully saturated rings. The molecule has 0 saturated heterocycles. The Balaban J connectivity index is 1.92. The van der Waals surface area contributed by atoms with Crippen molar-refractivity contribution in [1.82, 2.24) is 10.2 Å². The number of Topliss-reactive ketones (excluding diaryl/α,β-unsaturated/α-hetero) is 1. The lowest BCUT2D eigenvalue weighted by molar-refractivity contribution is 0.102. The maximum absolute atomic E-state index is 13.6. The van der Waals surface area contributed by atoms with Crippen molar-refractivity contribution >= 4 is 23.1 Å². The van der Waals surface area contributed by atoms with E-state index in [4.69, 9.17) is 17.0 Å². The highest BCUT2D eigenvalue weighted by Crippen LogP contribution is 2.37. The summed E-state index contributed by atoms with van der Waals surface area (Å²) in [4.78, 5) is 15.6. The van der Waals surface area contributed by atoms with Crippen molar-refractivity contribution in [1.29, 1.82) is 0 Å². The Kier molecular flexibility index (Phi) is 8.86. The minimum atomic E-state index is -0.353. The number of hydrogen-bond donors (Lipinski definition) is 1. The molecule has 3 rings (SSSR count). The van der Waals surface area contributed by atoms with Crippen LogP contribution in [-0.2, 0) is 0 Å². The molecule has 0 amide bonds. The number of thiocarbonyl (C=S) groups is 1. The van der Waals surface area contributed by atoms with Crippen LogP contribution in [-0.4, -0.2) is 28.9 Å². The Hall–Kier alpha value is -2.66. The van der Waals surface area contributed by atoms with Crippen LogP contribution in [0.4, 0.5) is 0 Å². The number of ether oxygens (including phenoxy) is 1. The quantitative estimate of drug-likeness (QED) is 0.242. The van der Waals surface area contributed by atoms with Crippen LogP contribution in [0.15, 0.2) is 65.9 Å². The van der Waals surface area contributed by atoms with Crippen molar-refractivity contribution in [3.63, 3.8) is 0 Å². The molecule has 0 saturated carbocycles. The van der Waals surface area contributed by atoms with Crippen LogP contribution in [0, 0.1) is 0 Å². The Bertz CT molecular complexity index is 955. The molecule has 0 bridgehead atoms. The van der Waals surface area contributed by atoms with E-state index < -0.39 is 0 Å². The molecular weight excluding hydrogens is 416 g/mol. The topological polar surface area (TPSA) is 41.6 Å². The van der Waals surface area contributed by atoms with Gasteiger partial charge in [0.05, 0.1) is 12.6 Å². The minimum absolute atomic E-state index is 0.0101. The summed E-state index contributed by atoms with van der Waals surface area (Å²) in [6.07, 6.45) is 5.94. The van der Waals surface area contributed by atoms with Crippen LogP contribution in [0.5, 0.6) is 5.75 Å². The molecule has 0 radical (unpaired) electrons. The van der Waals surface area contributed by atoms with Crippen LogP contribution < -0.4 is 10.1 Å². The Morgan fingerprint density at radius 2 is 1.69 bits per heavy atom. The van der Waals surface area contributed by atoms with Crippen molar-refractivity contribution < 1.29 is 9.53 Å². The number of carbonyl (C=O) groups is 1. The molecule has 4 nitrogen and oxygen atoms in total. The third-order valence-corrected chi connectivity index (χ3v) is 6.27. The van der Waals surface area contributed by atoms with Crippen LogP contribution in [0.25, 0.3) is 0 Å².